The number of carbonyl (C=O) groups excluding carboxylic acids is 2. The first-order chi connectivity index (χ1) is 14.0. The fraction of sp³-hybridized carbons (Fsp3) is 0.500. The number of carbonyl (C=O) groups is 2. The van der Waals surface area contributed by atoms with Gasteiger partial charge in [0.05, 0.1) is 11.7 Å². The number of aldehydes is 1. The van der Waals surface area contributed by atoms with Gasteiger partial charge in [0.1, 0.15) is 29.0 Å². The van der Waals surface area contributed by atoms with E-state index >= 15 is 0 Å². The van der Waals surface area contributed by atoms with Crippen molar-refractivity contribution in [3.8, 4) is 0 Å². The molecule has 0 atom stereocenters. The van der Waals surface area contributed by atoms with Crippen molar-refractivity contribution in [3.05, 3.63) is 41.5 Å². The van der Waals surface area contributed by atoms with E-state index in [0.717, 1.165) is 44.1 Å². The maximum atomic E-state index is 12.9. The number of rotatable bonds is 5. The molecule has 0 spiro atoms. The summed E-state index contributed by atoms with van der Waals surface area (Å²) in [5.41, 5.74) is -2.56. The van der Waals surface area contributed by atoms with Gasteiger partial charge in [-0.25, -0.2) is 4.98 Å². The first-order valence-corrected chi connectivity index (χ1v) is 9.62. The predicted octanol–water partition coefficient (Wildman–Crippen LogP) is 3.71. The zero-order chi connectivity index (χ0) is 22.1. The Labute approximate surface area is 171 Å². The van der Waals surface area contributed by atoms with Crippen LogP contribution < -0.4 is 5.32 Å². The van der Waals surface area contributed by atoms with Crippen molar-refractivity contribution in [2.45, 2.75) is 57.3 Å². The van der Waals surface area contributed by atoms with E-state index in [-0.39, 0.29) is 23.3 Å². The van der Waals surface area contributed by atoms with Crippen LogP contribution in [0.3, 0.4) is 0 Å². The summed E-state index contributed by atoms with van der Waals surface area (Å²) in [7, 11) is 0. The molecule has 1 fully saturated rings. The average Bonchev–Trinajstić information content (AvgIpc) is 3.12. The molecule has 162 valence electrons. The van der Waals surface area contributed by atoms with Gasteiger partial charge < -0.3 is 15.2 Å². The Morgan fingerprint density at radius 2 is 1.90 bits per heavy atom. The van der Waals surface area contributed by atoms with Crippen LogP contribution in [0.15, 0.2) is 24.4 Å². The lowest BCUT2D eigenvalue weighted by Gasteiger charge is -2.25. The van der Waals surface area contributed by atoms with Crippen LogP contribution in [0.4, 0.5) is 18.9 Å². The Bertz CT molecular complexity index is 926. The van der Waals surface area contributed by atoms with Crippen molar-refractivity contribution in [2.24, 2.45) is 5.92 Å². The number of nitrogens with zero attached hydrogens (tertiary/aromatic N) is 3. The summed E-state index contributed by atoms with van der Waals surface area (Å²) in [4.78, 5) is 26.9. The minimum atomic E-state index is -4.67. The highest BCUT2D eigenvalue weighted by atomic mass is 19.4. The van der Waals surface area contributed by atoms with Crippen LogP contribution >= 0.6 is 0 Å². The van der Waals surface area contributed by atoms with E-state index in [4.69, 9.17) is 0 Å². The molecule has 0 saturated heterocycles. The van der Waals surface area contributed by atoms with Crippen LogP contribution in [-0.4, -0.2) is 32.1 Å². The van der Waals surface area contributed by atoms with Crippen LogP contribution in [-0.2, 0) is 16.6 Å². The quantitative estimate of drug-likeness (QED) is 0.714. The second-order valence-corrected chi connectivity index (χ2v) is 8.00. The molecular formula is C20H23F3N4O3. The molecule has 1 saturated carbocycles. The molecule has 0 radical (unpaired) electrons. The van der Waals surface area contributed by atoms with Gasteiger partial charge in [-0.15, -0.1) is 0 Å². The van der Waals surface area contributed by atoms with Crippen molar-refractivity contribution in [1.82, 2.24) is 14.8 Å². The third kappa shape index (κ3) is 4.86. The molecule has 2 aromatic heterocycles. The molecule has 1 aliphatic carbocycles. The Morgan fingerprint density at radius 3 is 2.47 bits per heavy atom. The second-order valence-electron chi connectivity index (χ2n) is 8.00. The minimum Gasteiger partial charge on any atom is -0.384 e. The number of hydrogen-bond donors (Lipinski definition) is 2. The van der Waals surface area contributed by atoms with Crippen molar-refractivity contribution in [2.75, 3.05) is 5.32 Å². The van der Waals surface area contributed by atoms with Crippen LogP contribution in [0, 0.1) is 5.92 Å². The lowest BCUT2D eigenvalue weighted by Crippen LogP contribution is -2.22. The monoisotopic (exact) mass is 424 g/mol. The molecule has 0 aliphatic heterocycles. The van der Waals surface area contributed by atoms with Crippen molar-refractivity contribution in [3.63, 3.8) is 0 Å². The zero-order valence-corrected chi connectivity index (χ0v) is 16.6. The molecule has 7 nitrogen and oxygen atoms in total. The largest absolute Gasteiger partial charge is 0.433 e. The first-order valence-electron chi connectivity index (χ1n) is 9.62. The molecule has 10 heteroatoms. The molecule has 30 heavy (non-hydrogen) atoms. The maximum absolute atomic E-state index is 12.9. The summed E-state index contributed by atoms with van der Waals surface area (Å²) >= 11 is 0. The number of nitrogens with one attached hydrogen (secondary N) is 1. The normalized spacial score (nSPS) is 20.1. The molecule has 2 aromatic rings. The Morgan fingerprint density at radius 1 is 1.23 bits per heavy atom. The summed E-state index contributed by atoms with van der Waals surface area (Å²) < 4.78 is 40.3. The van der Waals surface area contributed by atoms with Gasteiger partial charge in [-0.05, 0) is 51.7 Å². The molecule has 1 amide bonds. The van der Waals surface area contributed by atoms with Gasteiger partial charge in [-0.2, -0.15) is 18.3 Å². The summed E-state index contributed by atoms with van der Waals surface area (Å²) in [6.45, 7) is 3.00. The lowest BCUT2D eigenvalue weighted by atomic mass is 9.87. The summed E-state index contributed by atoms with van der Waals surface area (Å²) in [5, 5.41) is 17.4. The molecular weight excluding hydrogens is 401 g/mol. The summed E-state index contributed by atoms with van der Waals surface area (Å²) in [5.74, 6) is -0.812. The standard InChI is InChI=1S/C20H23F3N4O3/c1-19(2,30)17-15(10-27(26-17)13-8-6-12(11-28)7-9-13)25-18(29)14-4-3-5-16(24-14)20(21,22)23/h3-5,10-13,30H,6-9H2,1-2H3,(H,25,29)/t12-,13-. The van der Waals surface area contributed by atoms with Crippen LogP contribution in [0.25, 0.3) is 0 Å². The fourth-order valence-electron chi connectivity index (χ4n) is 3.53. The smallest absolute Gasteiger partial charge is 0.384 e. The van der Waals surface area contributed by atoms with Gasteiger partial charge in [0, 0.05) is 12.1 Å². The van der Waals surface area contributed by atoms with E-state index in [1.54, 1.807) is 10.9 Å². The molecule has 2 heterocycles. The van der Waals surface area contributed by atoms with Gasteiger partial charge in [0.15, 0.2) is 0 Å². The van der Waals surface area contributed by atoms with Gasteiger partial charge in [-0.3, -0.25) is 9.48 Å². The van der Waals surface area contributed by atoms with Gasteiger partial charge in [0.25, 0.3) is 5.91 Å². The maximum Gasteiger partial charge on any atom is 0.433 e. The van der Waals surface area contributed by atoms with Crippen LogP contribution in [0.1, 0.15) is 67.4 Å². The van der Waals surface area contributed by atoms with Gasteiger partial charge >= 0.3 is 6.18 Å². The van der Waals surface area contributed by atoms with E-state index < -0.39 is 29.1 Å². The van der Waals surface area contributed by atoms with E-state index in [2.05, 4.69) is 15.4 Å². The minimum absolute atomic E-state index is 0.000339. The number of alkyl halides is 3. The van der Waals surface area contributed by atoms with Gasteiger partial charge in [-0.1, -0.05) is 6.07 Å². The molecule has 1 aliphatic rings. The predicted molar refractivity (Wildman–Crippen MR) is 102 cm³/mol. The van der Waals surface area contributed by atoms with E-state index in [9.17, 15) is 27.9 Å². The molecule has 0 bridgehead atoms. The number of aliphatic hydroxyl groups is 1. The average molecular weight is 424 g/mol. The topological polar surface area (TPSA) is 97.1 Å². The van der Waals surface area contributed by atoms with Crippen LogP contribution in [0.2, 0.25) is 0 Å². The number of pyridine rings is 1. The van der Waals surface area contributed by atoms with E-state index in [0.29, 0.717) is 0 Å². The third-order valence-electron chi connectivity index (χ3n) is 5.14. The Kier molecular flexibility index (Phi) is 5.98. The number of halogens is 3. The summed E-state index contributed by atoms with van der Waals surface area (Å²) in [6.07, 6.45) is 0.737. The van der Waals surface area contributed by atoms with Crippen molar-refractivity contribution < 1.29 is 27.9 Å². The Balaban J connectivity index is 1.85. The number of amides is 1. The molecule has 0 unspecified atom stereocenters. The Hall–Kier alpha value is -2.75. The first kappa shape index (κ1) is 21.9. The number of hydrogen-bond acceptors (Lipinski definition) is 5. The highest BCUT2D eigenvalue weighted by molar-refractivity contribution is 6.03. The third-order valence-corrected chi connectivity index (χ3v) is 5.14. The van der Waals surface area contributed by atoms with Gasteiger partial charge in [0.2, 0.25) is 0 Å². The molecule has 0 aromatic carbocycles. The molecule has 2 N–H and O–H groups in total. The zero-order valence-electron chi connectivity index (χ0n) is 16.6. The second kappa shape index (κ2) is 8.17. The fourth-order valence-corrected chi connectivity index (χ4v) is 3.53. The highest BCUT2D eigenvalue weighted by Gasteiger charge is 2.33. The summed E-state index contributed by atoms with van der Waals surface area (Å²) in [6, 6.07) is 3.07. The number of anilines is 1. The molecule has 3 rings (SSSR count). The van der Waals surface area contributed by atoms with E-state index in [1.807, 2.05) is 0 Å². The SMILES string of the molecule is CC(C)(O)c1nn([C@H]2CC[C@H](C=O)CC2)cc1NC(=O)c1cccc(C(F)(F)F)n1. The highest BCUT2D eigenvalue weighted by Crippen LogP contribution is 2.34. The van der Waals surface area contributed by atoms with Crippen LogP contribution in [0.5, 0.6) is 0 Å². The van der Waals surface area contributed by atoms with E-state index in [1.165, 1.54) is 19.9 Å². The lowest BCUT2D eigenvalue weighted by molar-refractivity contribution is -0.141. The van der Waals surface area contributed by atoms with Crippen molar-refractivity contribution >= 4 is 17.9 Å². The van der Waals surface area contributed by atoms with Crippen molar-refractivity contribution in [1.29, 1.82) is 0 Å². The number of aromatic nitrogens is 3.